The van der Waals surface area contributed by atoms with Crippen LogP contribution in [-0.4, -0.2) is 11.6 Å². The van der Waals surface area contributed by atoms with Crippen molar-refractivity contribution >= 4 is 11.6 Å². The van der Waals surface area contributed by atoms with Crippen LogP contribution in [0.1, 0.15) is 18.4 Å². The summed E-state index contributed by atoms with van der Waals surface area (Å²) >= 11 is 5.97. The van der Waals surface area contributed by atoms with Crippen LogP contribution in [0, 0.1) is 5.92 Å². The maximum Gasteiger partial charge on any atom is 0.232 e. The molecule has 0 aliphatic heterocycles. The van der Waals surface area contributed by atoms with Crippen LogP contribution in [0.25, 0.3) is 0 Å². The largest absolute Gasteiger partial charge is 0.476 e. The molecule has 0 saturated heterocycles. The summed E-state index contributed by atoms with van der Waals surface area (Å²) in [5.74, 6) is 1.23. The minimum atomic E-state index is 0.454. The van der Waals surface area contributed by atoms with E-state index in [9.17, 15) is 0 Å². The first-order chi connectivity index (χ1) is 6.79. The fourth-order valence-corrected chi connectivity index (χ4v) is 1.41. The Balaban J connectivity index is 2.01. The zero-order chi connectivity index (χ0) is 9.97. The first-order valence-electron chi connectivity index (χ1n) is 4.77. The SMILES string of the molecule is NCc1cnc(OCC2CC2)c(Cl)c1. The number of halogens is 1. The van der Waals surface area contributed by atoms with E-state index in [1.165, 1.54) is 12.8 Å². The second kappa shape index (κ2) is 4.15. The summed E-state index contributed by atoms with van der Waals surface area (Å²) in [5, 5.41) is 0.550. The summed E-state index contributed by atoms with van der Waals surface area (Å²) in [7, 11) is 0. The van der Waals surface area contributed by atoms with E-state index in [0.29, 0.717) is 23.4 Å². The van der Waals surface area contributed by atoms with E-state index >= 15 is 0 Å². The monoisotopic (exact) mass is 212 g/mol. The molecule has 1 heterocycles. The molecule has 1 saturated carbocycles. The second-order valence-electron chi connectivity index (χ2n) is 3.59. The highest BCUT2D eigenvalue weighted by atomic mass is 35.5. The van der Waals surface area contributed by atoms with Crippen LogP contribution in [0.3, 0.4) is 0 Å². The first kappa shape index (κ1) is 9.74. The highest BCUT2D eigenvalue weighted by Gasteiger charge is 2.22. The number of pyridine rings is 1. The summed E-state index contributed by atoms with van der Waals surface area (Å²) in [5.41, 5.74) is 6.39. The highest BCUT2D eigenvalue weighted by molar-refractivity contribution is 6.31. The van der Waals surface area contributed by atoms with Gasteiger partial charge >= 0.3 is 0 Å². The maximum absolute atomic E-state index is 5.97. The summed E-state index contributed by atoms with van der Waals surface area (Å²) in [4.78, 5) is 4.11. The lowest BCUT2D eigenvalue weighted by Crippen LogP contribution is -2.03. The molecule has 0 unspecified atom stereocenters. The number of ether oxygens (including phenoxy) is 1. The number of aromatic nitrogens is 1. The third-order valence-electron chi connectivity index (χ3n) is 2.25. The molecule has 0 aromatic carbocycles. The zero-order valence-electron chi connectivity index (χ0n) is 7.87. The molecule has 0 spiro atoms. The molecule has 4 heteroatoms. The van der Waals surface area contributed by atoms with Gasteiger partial charge in [0.1, 0.15) is 5.02 Å². The number of nitrogens with two attached hydrogens (primary N) is 1. The quantitative estimate of drug-likeness (QED) is 0.831. The molecule has 0 radical (unpaired) electrons. The zero-order valence-corrected chi connectivity index (χ0v) is 8.63. The Morgan fingerprint density at radius 2 is 2.36 bits per heavy atom. The Kier molecular flexibility index (Phi) is 2.89. The van der Waals surface area contributed by atoms with E-state index in [1.807, 2.05) is 0 Å². The normalized spacial score (nSPS) is 15.6. The van der Waals surface area contributed by atoms with E-state index in [0.717, 1.165) is 12.2 Å². The fourth-order valence-electron chi connectivity index (χ4n) is 1.16. The van der Waals surface area contributed by atoms with Crippen molar-refractivity contribution in [1.82, 2.24) is 4.98 Å². The summed E-state index contributed by atoms with van der Waals surface area (Å²) in [6.45, 7) is 1.18. The van der Waals surface area contributed by atoms with Crippen LogP contribution < -0.4 is 10.5 Å². The summed E-state index contributed by atoms with van der Waals surface area (Å²) in [6.07, 6.45) is 4.23. The molecule has 2 N–H and O–H groups in total. The van der Waals surface area contributed by atoms with E-state index in [4.69, 9.17) is 22.1 Å². The van der Waals surface area contributed by atoms with Gasteiger partial charge in [0.25, 0.3) is 0 Å². The molecule has 1 aromatic rings. The van der Waals surface area contributed by atoms with Crippen molar-refractivity contribution in [2.24, 2.45) is 11.7 Å². The predicted molar refractivity (Wildman–Crippen MR) is 55.4 cm³/mol. The van der Waals surface area contributed by atoms with Crippen LogP contribution >= 0.6 is 11.6 Å². The predicted octanol–water partition coefficient (Wildman–Crippen LogP) is 1.98. The van der Waals surface area contributed by atoms with Gasteiger partial charge in [-0.3, -0.25) is 0 Å². The molecule has 1 aliphatic rings. The Bertz CT molecular complexity index is 326. The van der Waals surface area contributed by atoms with Gasteiger partial charge in [-0.25, -0.2) is 4.98 Å². The van der Waals surface area contributed by atoms with Gasteiger partial charge < -0.3 is 10.5 Å². The number of hydrogen-bond acceptors (Lipinski definition) is 3. The van der Waals surface area contributed by atoms with E-state index < -0.39 is 0 Å². The second-order valence-corrected chi connectivity index (χ2v) is 4.00. The minimum absolute atomic E-state index is 0.454. The number of nitrogens with zero attached hydrogens (tertiary/aromatic N) is 1. The third kappa shape index (κ3) is 2.36. The van der Waals surface area contributed by atoms with Crippen molar-refractivity contribution in [2.75, 3.05) is 6.61 Å². The van der Waals surface area contributed by atoms with Crippen molar-refractivity contribution < 1.29 is 4.74 Å². The van der Waals surface area contributed by atoms with Crippen molar-refractivity contribution in [3.8, 4) is 5.88 Å². The van der Waals surface area contributed by atoms with Crippen LogP contribution in [-0.2, 0) is 6.54 Å². The van der Waals surface area contributed by atoms with Crippen LogP contribution in [0.2, 0.25) is 5.02 Å². The van der Waals surface area contributed by atoms with Crippen molar-refractivity contribution in [1.29, 1.82) is 0 Å². The molecular formula is C10H13ClN2O. The Morgan fingerprint density at radius 3 is 2.93 bits per heavy atom. The molecule has 0 bridgehead atoms. The van der Waals surface area contributed by atoms with Gasteiger partial charge in [0.15, 0.2) is 0 Å². The molecule has 1 aliphatic carbocycles. The lowest BCUT2D eigenvalue weighted by atomic mass is 10.3. The third-order valence-corrected chi connectivity index (χ3v) is 2.52. The van der Waals surface area contributed by atoms with Crippen LogP contribution in [0.4, 0.5) is 0 Å². The molecule has 2 rings (SSSR count). The Labute approximate surface area is 88.2 Å². The molecular weight excluding hydrogens is 200 g/mol. The van der Waals surface area contributed by atoms with Crippen LogP contribution in [0.15, 0.2) is 12.3 Å². The molecule has 76 valence electrons. The summed E-state index contributed by atoms with van der Waals surface area (Å²) in [6, 6.07) is 1.80. The molecule has 3 nitrogen and oxygen atoms in total. The molecule has 1 aromatic heterocycles. The molecule has 0 atom stereocenters. The number of rotatable bonds is 4. The van der Waals surface area contributed by atoms with Crippen molar-refractivity contribution in [3.05, 3.63) is 22.8 Å². The number of hydrogen-bond donors (Lipinski definition) is 1. The smallest absolute Gasteiger partial charge is 0.232 e. The Morgan fingerprint density at radius 1 is 1.57 bits per heavy atom. The van der Waals surface area contributed by atoms with Crippen molar-refractivity contribution in [3.63, 3.8) is 0 Å². The molecule has 14 heavy (non-hydrogen) atoms. The minimum Gasteiger partial charge on any atom is -0.476 e. The molecule has 1 fully saturated rings. The topological polar surface area (TPSA) is 48.1 Å². The summed E-state index contributed by atoms with van der Waals surface area (Å²) < 4.78 is 5.48. The van der Waals surface area contributed by atoms with Gasteiger partial charge in [-0.15, -0.1) is 0 Å². The average Bonchev–Trinajstić information content (AvgIpc) is 2.99. The van der Waals surface area contributed by atoms with E-state index in [-0.39, 0.29) is 0 Å². The standard InChI is InChI=1S/C10H13ClN2O/c11-9-3-8(4-12)5-13-10(9)14-6-7-1-2-7/h3,5,7H,1-2,4,6,12H2. The lowest BCUT2D eigenvalue weighted by molar-refractivity contribution is 0.288. The van der Waals surface area contributed by atoms with Crippen molar-refractivity contribution in [2.45, 2.75) is 19.4 Å². The van der Waals surface area contributed by atoms with Gasteiger partial charge in [0.05, 0.1) is 6.61 Å². The van der Waals surface area contributed by atoms with Gasteiger partial charge in [-0.1, -0.05) is 11.6 Å². The fraction of sp³-hybridized carbons (Fsp3) is 0.500. The maximum atomic E-state index is 5.97. The Hall–Kier alpha value is -0.800. The van der Waals surface area contributed by atoms with Gasteiger partial charge in [0.2, 0.25) is 5.88 Å². The van der Waals surface area contributed by atoms with Gasteiger partial charge in [-0.2, -0.15) is 0 Å². The van der Waals surface area contributed by atoms with E-state index in [2.05, 4.69) is 4.98 Å². The molecule has 0 amide bonds. The van der Waals surface area contributed by atoms with E-state index in [1.54, 1.807) is 12.3 Å². The van der Waals surface area contributed by atoms with Gasteiger partial charge in [-0.05, 0) is 30.4 Å². The first-order valence-corrected chi connectivity index (χ1v) is 5.14. The van der Waals surface area contributed by atoms with Gasteiger partial charge in [0, 0.05) is 12.7 Å². The average molecular weight is 213 g/mol. The lowest BCUT2D eigenvalue weighted by Gasteiger charge is -2.06. The van der Waals surface area contributed by atoms with Crippen LogP contribution in [0.5, 0.6) is 5.88 Å². The highest BCUT2D eigenvalue weighted by Crippen LogP contribution is 2.30.